The molecule has 1 aliphatic heterocycles. The van der Waals surface area contributed by atoms with Gasteiger partial charge in [0.15, 0.2) is 0 Å². The van der Waals surface area contributed by atoms with Crippen molar-refractivity contribution in [3.63, 3.8) is 0 Å². The Morgan fingerprint density at radius 2 is 2.29 bits per heavy atom. The molecule has 2 N–H and O–H groups in total. The number of hydrogen-bond donors (Lipinski definition) is 2. The molecule has 1 aliphatic rings. The lowest BCUT2D eigenvalue weighted by atomic mass is 10.2. The molecule has 1 heterocycles. The number of carbonyl (C=O) groups is 1. The van der Waals surface area contributed by atoms with Crippen LogP contribution in [0.3, 0.4) is 0 Å². The summed E-state index contributed by atoms with van der Waals surface area (Å²) in [5.74, 6) is 0.189. The molecule has 1 atom stereocenters. The van der Waals surface area contributed by atoms with E-state index in [1.807, 2.05) is 0 Å². The molecule has 0 spiro atoms. The summed E-state index contributed by atoms with van der Waals surface area (Å²) in [6, 6.07) is 0.0848. The molecule has 1 rings (SSSR count). The summed E-state index contributed by atoms with van der Waals surface area (Å²) in [4.78, 5) is 11.4. The van der Waals surface area contributed by atoms with E-state index in [2.05, 4.69) is 17.6 Å². The zero-order chi connectivity index (χ0) is 9.52. The maximum atomic E-state index is 11.4. The Hall–Kier alpha value is -0.0900. The third kappa shape index (κ3) is 4.96. The van der Waals surface area contributed by atoms with E-state index in [1.165, 1.54) is 12.8 Å². The molecule has 0 radical (unpaired) electrons. The van der Waals surface area contributed by atoms with Crippen molar-refractivity contribution in [2.24, 2.45) is 0 Å². The third-order valence-electron chi connectivity index (χ3n) is 2.46. The molecule has 0 saturated carbocycles. The standard InChI is InChI=1S/C10H20N2O.BrH/c1-2-3-4-7-12-10(13)9-6-5-8-11-9;/h9,11H,2-8H2,1H3,(H,12,13);1H/t9-;/m0./s1. The highest BCUT2D eigenvalue weighted by atomic mass is 79.9. The van der Waals surface area contributed by atoms with Gasteiger partial charge in [-0.3, -0.25) is 4.79 Å². The molecular weight excluding hydrogens is 244 g/mol. The average molecular weight is 265 g/mol. The van der Waals surface area contributed by atoms with E-state index in [1.54, 1.807) is 0 Å². The van der Waals surface area contributed by atoms with Crippen LogP contribution in [-0.2, 0) is 4.79 Å². The van der Waals surface area contributed by atoms with Gasteiger partial charge in [0.2, 0.25) is 5.91 Å². The van der Waals surface area contributed by atoms with Crippen molar-refractivity contribution in [2.45, 2.75) is 45.1 Å². The molecule has 0 aromatic rings. The van der Waals surface area contributed by atoms with Gasteiger partial charge in [0.05, 0.1) is 6.04 Å². The van der Waals surface area contributed by atoms with Crippen molar-refractivity contribution in [3.05, 3.63) is 0 Å². The van der Waals surface area contributed by atoms with Crippen LogP contribution >= 0.6 is 17.0 Å². The highest BCUT2D eigenvalue weighted by molar-refractivity contribution is 8.93. The first kappa shape index (κ1) is 13.9. The molecule has 0 aliphatic carbocycles. The molecule has 14 heavy (non-hydrogen) atoms. The van der Waals surface area contributed by atoms with Gasteiger partial charge in [0.25, 0.3) is 0 Å². The van der Waals surface area contributed by atoms with Crippen molar-refractivity contribution >= 4 is 22.9 Å². The highest BCUT2D eigenvalue weighted by Gasteiger charge is 2.20. The predicted molar refractivity (Wildman–Crippen MR) is 63.9 cm³/mol. The van der Waals surface area contributed by atoms with E-state index in [4.69, 9.17) is 0 Å². The fraction of sp³-hybridized carbons (Fsp3) is 0.900. The summed E-state index contributed by atoms with van der Waals surface area (Å²) < 4.78 is 0. The lowest BCUT2D eigenvalue weighted by Gasteiger charge is -2.10. The van der Waals surface area contributed by atoms with Gasteiger partial charge in [-0.15, -0.1) is 17.0 Å². The van der Waals surface area contributed by atoms with Crippen LogP contribution in [0.2, 0.25) is 0 Å². The summed E-state index contributed by atoms with van der Waals surface area (Å²) in [5.41, 5.74) is 0. The number of carbonyl (C=O) groups excluding carboxylic acids is 1. The largest absolute Gasteiger partial charge is 0.355 e. The first-order valence-corrected chi connectivity index (χ1v) is 5.35. The SMILES string of the molecule is Br.CCCCCNC(=O)[C@@H]1CCCN1. The second-order valence-electron chi connectivity index (χ2n) is 3.65. The number of hydrogen-bond acceptors (Lipinski definition) is 2. The molecule has 84 valence electrons. The maximum absolute atomic E-state index is 11.4. The number of unbranched alkanes of at least 4 members (excludes halogenated alkanes) is 2. The van der Waals surface area contributed by atoms with Crippen LogP contribution in [0.15, 0.2) is 0 Å². The molecule has 4 heteroatoms. The predicted octanol–water partition coefficient (Wildman–Crippen LogP) is 1.62. The Balaban J connectivity index is 0.00000169. The summed E-state index contributed by atoms with van der Waals surface area (Å²) in [7, 11) is 0. The summed E-state index contributed by atoms with van der Waals surface area (Å²) in [5, 5.41) is 6.14. The van der Waals surface area contributed by atoms with Crippen LogP contribution < -0.4 is 10.6 Å². The lowest BCUT2D eigenvalue weighted by molar-refractivity contribution is -0.122. The van der Waals surface area contributed by atoms with E-state index >= 15 is 0 Å². The Morgan fingerprint density at radius 1 is 1.50 bits per heavy atom. The monoisotopic (exact) mass is 264 g/mol. The Kier molecular flexibility index (Phi) is 8.18. The molecule has 3 nitrogen and oxygen atoms in total. The maximum Gasteiger partial charge on any atom is 0.237 e. The Bertz CT molecular complexity index is 158. The van der Waals surface area contributed by atoms with Crippen LogP contribution in [0.1, 0.15) is 39.0 Å². The lowest BCUT2D eigenvalue weighted by Crippen LogP contribution is -2.40. The minimum absolute atomic E-state index is 0. The minimum Gasteiger partial charge on any atom is -0.355 e. The van der Waals surface area contributed by atoms with Gasteiger partial charge in [-0.25, -0.2) is 0 Å². The molecule has 1 fully saturated rings. The van der Waals surface area contributed by atoms with Crippen molar-refractivity contribution in [2.75, 3.05) is 13.1 Å². The van der Waals surface area contributed by atoms with Crippen LogP contribution in [0.25, 0.3) is 0 Å². The first-order chi connectivity index (χ1) is 6.34. The second kappa shape index (κ2) is 8.24. The zero-order valence-electron chi connectivity index (χ0n) is 8.84. The van der Waals surface area contributed by atoms with E-state index in [9.17, 15) is 4.79 Å². The van der Waals surface area contributed by atoms with Gasteiger partial charge in [-0.2, -0.15) is 0 Å². The van der Waals surface area contributed by atoms with Gasteiger partial charge < -0.3 is 10.6 Å². The quantitative estimate of drug-likeness (QED) is 0.742. The van der Waals surface area contributed by atoms with Crippen LogP contribution in [0.4, 0.5) is 0 Å². The topological polar surface area (TPSA) is 41.1 Å². The van der Waals surface area contributed by atoms with Gasteiger partial charge in [-0.05, 0) is 25.8 Å². The van der Waals surface area contributed by atoms with Crippen LogP contribution in [0.5, 0.6) is 0 Å². The van der Waals surface area contributed by atoms with Gasteiger partial charge in [0.1, 0.15) is 0 Å². The fourth-order valence-corrected chi connectivity index (χ4v) is 1.62. The van der Waals surface area contributed by atoms with E-state index in [0.29, 0.717) is 0 Å². The van der Waals surface area contributed by atoms with Crippen molar-refractivity contribution < 1.29 is 4.79 Å². The van der Waals surface area contributed by atoms with Crippen molar-refractivity contribution in [3.8, 4) is 0 Å². The molecule has 0 aromatic carbocycles. The summed E-state index contributed by atoms with van der Waals surface area (Å²) in [6.45, 7) is 4.00. The second-order valence-corrected chi connectivity index (χ2v) is 3.65. The smallest absolute Gasteiger partial charge is 0.237 e. The molecule has 0 aromatic heterocycles. The number of rotatable bonds is 5. The molecule has 1 amide bonds. The van der Waals surface area contributed by atoms with Gasteiger partial charge in [-0.1, -0.05) is 19.8 Å². The van der Waals surface area contributed by atoms with Crippen molar-refractivity contribution in [1.29, 1.82) is 0 Å². The normalized spacial score (nSPS) is 20.2. The number of halogens is 1. The third-order valence-corrected chi connectivity index (χ3v) is 2.46. The Labute approximate surface area is 96.8 Å². The number of nitrogens with one attached hydrogen (secondary N) is 2. The fourth-order valence-electron chi connectivity index (χ4n) is 1.62. The van der Waals surface area contributed by atoms with E-state index in [0.717, 1.165) is 32.4 Å². The molecule has 1 saturated heterocycles. The van der Waals surface area contributed by atoms with Gasteiger partial charge >= 0.3 is 0 Å². The Morgan fingerprint density at radius 3 is 2.86 bits per heavy atom. The van der Waals surface area contributed by atoms with Gasteiger partial charge in [0, 0.05) is 6.54 Å². The molecular formula is C10H21BrN2O. The molecule has 0 bridgehead atoms. The molecule has 0 unspecified atom stereocenters. The van der Waals surface area contributed by atoms with Crippen LogP contribution in [0, 0.1) is 0 Å². The number of amides is 1. The average Bonchev–Trinajstić information content (AvgIpc) is 2.65. The first-order valence-electron chi connectivity index (χ1n) is 5.35. The summed E-state index contributed by atoms with van der Waals surface area (Å²) >= 11 is 0. The van der Waals surface area contributed by atoms with E-state index in [-0.39, 0.29) is 28.9 Å². The summed E-state index contributed by atoms with van der Waals surface area (Å²) in [6.07, 6.45) is 5.65. The zero-order valence-corrected chi connectivity index (χ0v) is 10.6. The minimum atomic E-state index is 0. The highest BCUT2D eigenvalue weighted by Crippen LogP contribution is 2.04. The van der Waals surface area contributed by atoms with Crippen molar-refractivity contribution in [1.82, 2.24) is 10.6 Å². The van der Waals surface area contributed by atoms with E-state index < -0.39 is 0 Å². The van der Waals surface area contributed by atoms with Crippen LogP contribution in [-0.4, -0.2) is 25.0 Å².